The summed E-state index contributed by atoms with van der Waals surface area (Å²) < 4.78 is 13.4. The second-order valence-electron chi connectivity index (χ2n) is 3.55. The largest absolute Gasteiger partial charge is 0.481 e. The number of hydrogen-bond acceptors (Lipinski definition) is 2. The van der Waals surface area contributed by atoms with Crippen LogP contribution in [0.15, 0.2) is 12.1 Å². The number of carboxylic acids is 2. The van der Waals surface area contributed by atoms with E-state index in [0.717, 1.165) is 12.1 Å². The Balaban J connectivity index is 3.35. The molecule has 1 aromatic rings. The molecule has 1 aromatic carbocycles. The van der Waals surface area contributed by atoms with Gasteiger partial charge in [0.05, 0.1) is 11.5 Å². The Labute approximate surface area is 91.3 Å². The van der Waals surface area contributed by atoms with Gasteiger partial charge in [-0.25, -0.2) is 9.18 Å². The standard InChI is InChI=1S/C11H11FO4/c1-5-3-9(12)8(6(2)10(13)14)4-7(5)11(15)16/h3-4,6H,1-2H3,(H,13,14)(H,15,16). The summed E-state index contributed by atoms with van der Waals surface area (Å²) in [6.07, 6.45) is 0. The number of aryl methyl sites for hydroxylation is 1. The zero-order valence-corrected chi connectivity index (χ0v) is 8.82. The molecule has 0 fully saturated rings. The molecule has 0 saturated heterocycles. The number of rotatable bonds is 3. The van der Waals surface area contributed by atoms with Gasteiger partial charge in [-0.15, -0.1) is 0 Å². The molecule has 2 N–H and O–H groups in total. The van der Waals surface area contributed by atoms with Gasteiger partial charge in [-0.1, -0.05) is 0 Å². The highest BCUT2D eigenvalue weighted by Crippen LogP contribution is 2.23. The molecule has 1 rings (SSSR count). The SMILES string of the molecule is Cc1cc(F)c(C(C)C(=O)O)cc1C(=O)O. The number of aliphatic carboxylic acids is 1. The molecule has 0 aliphatic rings. The Morgan fingerprint density at radius 2 is 1.88 bits per heavy atom. The summed E-state index contributed by atoms with van der Waals surface area (Å²) >= 11 is 0. The van der Waals surface area contributed by atoms with Crippen molar-refractivity contribution in [3.63, 3.8) is 0 Å². The fourth-order valence-corrected chi connectivity index (χ4v) is 1.38. The van der Waals surface area contributed by atoms with Gasteiger partial charge in [0, 0.05) is 5.56 Å². The molecule has 1 unspecified atom stereocenters. The van der Waals surface area contributed by atoms with Gasteiger partial charge in [0.2, 0.25) is 0 Å². The molecule has 16 heavy (non-hydrogen) atoms. The first-order valence-electron chi connectivity index (χ1n) is 4.60. The predicted molar refractivity (Wildman–Crippen MR) is 54.1 cm³/mol. The Morgan fingerprint density at radius 1 is 1.31 bits per heavy atom. The zero-order chi connectivity index (χ0) is 12.5. The molecule has 0 bridgehead atoms. The average Bonchev–Trinajstić information content (AvgIpc) is 2.16. The van der Waals surface area contributed by atoms with Crippen LogP contribution in [0.25, 0.3) is 0 Å². The number of halogens is 1. The number of carboxylic acid groups (broad SMARTS) is 2. The van der Waals surface area contributed by atoms with Crippen molar-refractivity contribution in [1.29, 1.82) is 0 Å². The van der Waals surface area contributed by atoms with Gasteiger partial charge >= 0.3 is 11.9 Å². The van der Waals surface area contributed by atoms with Gasteiger partial charge in [-0.05, 0) is 31.5 Å². The second kappa shape index (κ2) is 4.30. The molecule has 1 atom stereocenters. The molecule has 0 aromatic heterocycles. The van der Waals surface area contributed by atoms with Crippen molar-refractivity contribution >= 4 is 11.9 Å². The fraction of sp³-hybridized carbons (Fsp3) is 0.273. The molecule has 0 amide bonds. The summed E-state index contributed by atoms with van der Waals surface area (Å²) in [5.74, 6) is -4.16. The third kappa shape index (κ3) is 2.18. The molecule has 0 saturated carbocycles. The maximum absolute atomic E-state index is 13.4. The first kappa shape index (κ1) is 12.2. The quantitative estimate of drug-likeness (QED) is 0.826. The summed E-state index contributed by atoms with van der Waals surface area (Å²) in [5.41, 5.74) is 0.0753. The molecule has 0 radical (unpaired) electrons. The first-order chi connectivity index (χ1) is 7.34. The van der Waals surface area contributed by atoms with E-state index in [0.29, 0.717) is 0 Å². The van der Waals surface area contributed by atoms with Crippen LogP contribution in [0.4, 0.5) is 4.39 Å². The van der Waals surface area contributed by atoms with E-state index in [1.165, 1.54) is 13.8 Å². The minimum atomic E-state index is -1.20. The van der Waals surface area contributed by atoms with Crippen molar-refractivity contribution in [2.75, 3.05) is 0 Å². The molecular weight excluding hydrogens is 215 g/mol. The maximum Gasteiger partial charge on any atom is 0.335 e. The van der Waals surface area contributed by atoms with E-state index in [1.807, 2.05) is 0 Å². The van der Waals surface area contributed by atoms with Crippen molar-refractivity contribution < 1.29 is 24.2 Å². The van der Waals surface area contributed by atoms with E-state index < -0.39 is 23.7 Å². The van der Waals surface area contributed by atoms with Crippen LogP contribution >= 0.6 is 0 Å². The molecular formula is C11H11FO4. The van der Waals surface area contributed by atoms with Crippen LogP contribution in [-0.4, -0.2) is 22.2 Å². The van der Waals surface area contributed by atoms with E-state index in [4.69, 9.17) is 10.2 Å². The lowest BCUT2D eigenvalue weighted by atomic mass is 9.96. The lowest BCUT2D eigenvalue weighted by Crippen LogP contribution is -2.12. The predicted octanol–water partition coefficient (Wildman–Crippen LogP) is 2.02. The summed E-state index contributed by atoms with van der Waals surface area (Å²) in [6.45, 7) is 2.77. The molecule has 0 aliphatic heterocycles. The van der Waals surface area contributed by atoms with Crippen LogP contribution in [0, 0.1) is 12.7 Å². The minimum Gasteiger partial charge on any atom is -0.481 e. The number of hydrogen-bond donors (Lipinski definition) is 2. The van der Waals surface area contributed by atoms with Crippen molar-refractivity contribution in [2.45, 2.75) is 19.8 Å². The van der Waals surface area contributed by atoms with Crippen LogP contribution in [0.3, 0.4) is 0 Å². The van der Waals surface area contributed by atoms with E-state index in [2.05, 4.69) is 0 Å². The molecule has 0 spiro atoms. The molecule has 86 valence electrons. The van der Waals surface area contributed by atoms with E-state index in [9.17, 15) is 14.0 Å². The highest BCUT2D eigenvalue weighted by atomic mass is 19.1. The summed E-state index contributed by atoms with van der Waals surface area (Å²) in [5, 5.41) is 17.6. The monoisotopic (exact) mass is 226 g/mol. The lowest BCUT2D eigenvalue weighted by molar-refractivity contribution is -0.138. The summed E-state index contributed by atoms with van der Waals surface area (Å²) in [7, 11) is 0. The Kier molecular flexibility index (Phi) is 3.27. The molecule has 0 aliphatic carbocycles. The van der Waals surface area contributed by atoms with Gasteiger partial charge in [-0.2, -0.15) is 0 Å². The summed E-state index contributed by atoms with van der Waals surface area (Å²) in [6, 6.07) is 2.12. The molecule has 0 heterocycles. The summed E-state index contributed by atoms with van der Waals surface area (Å²) in [4.78, 5) is 21.5. The topological polar surface area (TPSA) is 74.6 Å². The number of aromatic carboxylic acids is 1. The normalized spacial score (nSPS) is 12.2. The van der Waals surface area contributed by atoms with Crippen molar-refractivity contribution in [2.24, 2.45) is 0 Å². The molecule has 4 nitrogen and oxygen atoms in total. The van der Waals surface area contributed by atoms with Crippen LogP contribution in [-0.2, 0) is 4.79 Å². The number of benzene rings is 1. The highest BCUT2D eigenvalue weighted by Gasteiger charge is 2.21. The Bertz CT molecular complexity index is 454. The van der Waals surface area contributed by atoms with Crippen LogP contribution in [0.1, 0.15) is 34.3 Å². The van der Waals surface area contributed by atoms with E-state index in [1.54, 1.807) is 0 Å². The van der Waals surface area contributed by atoms with Gasteiger partial charge < -0.3 is 10.2 Å². The average molecular weight is 226 g/mol. The Hall–Kier alpha value is -1.91. The van der Waals surface area contributed by atoms with Crippen LogP contribution in [0.5, 0.6) is 0 Å². The van der Waals surface area contributed by atoms with Crippen molar-refractivity contribution in [3.05, 3.63) is 34.6 Å². The van der Waals surface area contributed by atoms with E-state index in [-0.39, 0.29) is 16.7 Å². The zero-order valence-electron chi connectivity index (χ0n) is 8.82. The van der Waals surface area contributed by atoms with Crippen LogP contribution in [0.2, 0.25) is 0 Å². The molecule has 5 heteroatoms. The fourth-order valence-electron chi connectivity index (χ4n) is 1.38. The highest BCUT2D eigenvalue weighted by molar-refractivity contribution is 5.90. The first-order valence-corrected chi connectivity index (χ1v) is 4.60. The Morgan fingerprint density at radius 3 is 2.31 bits per heavy atom. The minimum absolute atomic E-state index is 0.0792. The smallest absolute Gasteiger partial charge is 0.335 e. The van der Waals surface area contributed by atoms with Crippen LogP contribution < -0.4 is 0 Å². The number of carbonyl (C=O) groups is 2. The van der Waals surface area contributed by atoms with Gasteiger partial charge in [0.25, 0.3) is 0 Å². The maximum atomic E-state index is 13.4. The van der Waals surface area contributed by atoms with Gasteiger partial charge in [0.1, 0.15) is 5.82 Å². The third-order valence-electron chi connectivity index (χ3n) is 2.41. The second-order valence-corrected chi connectivity index (χ2v) is 3.55. The van der Waals surface area contributed by atoms with Crippen molar-refractivity contribution in [1.82, 2.24) is 0 Å². The van der Waals surface area contributed by atoms with Crippen molar-refractivity contribution in [3.8, 4) is 0 Å². The van der Waals surface area contributed by atoms with E-state index >= 15 is 0 Å². The lowest BCUT2D eigenvalue weighted by Gasteiger charge is -2.10. The van der Waals surface area contributed by atoms with Gasteiger partial charge in [0.15, 0.2) is 0 Å². The third-order valence-corrected chi connectivity index (χ3v) is 2.41. The van der Waals surface area contributed by atoms with Gasteiger partial charge in [-0.3, -0.25) is 4.79 Å².